The van der Waals surface area contributed by atoms with Gasteiger partial charge in [-0.1, -0.05) is 11.3 Å². The molecule has 2 aliphatic heterocycles. The van der Waals surface area contributed by atoms with Crippen LogP contribution in [0.1, 0.15) is 53.1 Å². The molecule has 2 aliphatic rings. The number of halogens is 2. The lowest BCUT2D eigenvalue weighted by atomic mass is 10.1. The molecule has 2 N–H and O–H groups in total. The molecule has 0 aliphatic carbocycles. The standard InChI is InChI=1S/C18H26N6OS.2ClH/c25-18(15-13-24(22-21-15)14-5-7-19-8-6-14)20-12-16(17-4-3-11-26-17)23-9-1-2-10-23;;/h3-4,11,13-14,16,19H,1-2,5-10,12H2,(H,20,25);2*1H. The van der Waals surface area contributed by atoms with E-state index in [-0.39, 0.29) is 36.8 Å². The molecule has 7 nitrogen and oxygen atoms in total. The molecule has 1 unspecified atom stereocenters. The van der Waals surface area contributed by atoms with Gasteiger partial charge in [0.15, 0.2) is 5.69 Å². The summed E-state index contributed by atoms with van der Waals surface area (Å²) in [6.45, 7) is 4.79. The van der Waals surface area contributed by atoms with Gasteiger partial charge in [0, 0.05) is 11.4 Å². The van der Waals surface area contributed by atoms with Gasteiger partial charge in [0.05, 0.1) is 18.3 Å². The maximum absolute atomic E-state index is 12.6. The third kappa shape index (κ3) is 5.45. The quantitative estimate of drug-likeness (QED) is 0.712. The van der Waals surface area contributed by atoms with Crippen LogP contribution >= 0.6 is 36.2 Å². The van der Waals surface area contributed by atoms with Crippen molar-refractivity contribution in [1.82, 2.24) is 30.5 Å². The van der Waals surface area contributed by atoms with Crippen LogP contribution in [0.4, 0.5) is 0 Å². The van der Waals surface area contributed by atoms with Crippen LogP contribution in [-0.2, 0) is 0 Å². The van der Waals surface area contributed by atoms with E-state index in [1.165, 1.54) is 17.7 Å². The average Bonchev–Trinajstić information content (AvgIpc) is 3.44. The van der Waals surface area contributed by atoms with Crippen LogP contribution in [0.15, 0.2) is 23.7 Å². The Bertz CT molecular complexity index is 713. The van der Waals surface area contributed by atoms with Gasteiger partial charge < -0.3 is 10.6 Å². The third-order valence-electron chi connectivity index (χ3n) is 5.33. The maximum Gasteiger partial charge on any atom is 0.273 e. The van der Waals surface area contributed by atoms with Crippen LogP contribution < -0.4 is 10.6 Å². The maximum atomic E-state index is 12.6. The number of hydrogen-bond donors (Lipinski definition) is 2. The van der Waals surface area contributed by atoms with E-state index >= 15 is 0 Å². The van der Waals surface area contributed by atoms with E-state index < -0.39 is 0 Å². The monoisotopic (exact) mass is 446 g/mol. The van der Waals surface area contributed by atoms with Gasteiger partial charge in [-0.2, -0.15) is 0 Å². The zero-order valence-corrected chi connectivity index (χ0v) is 18.2. The highest BCUT2D eigenvalue weighted by molar-refractivity contribution is 7.10. The smallest absolute Gasteiger partial charge is 0.273 e. The van der Waals surface area contributed by atoms with Crippen LogP contribution in [0.3, 0.4) is 0 Å². The lowest BCUT2D eigenvalue weighted by Gasteiger charge is -2.26. The minimum absolute atomic E-state index is 0. The fourth-order valence-electron chi connectivity index (χ4n) is 3.85. The first-order valence-corrected chi connectivity index (χ1v) is 10.4. The zero-order valence-electron chi connectivity index (χ0n) is 15.7. The van der Waals surface area contributed by atoms with Crippen molar-refractivity contribution in [1.29, 1.82) is 0 Å². The number of nitrogens with one attached hydrogen (secondary N) is 2. The number of piperidine rings is 1. The van der Waals surface area contributed by atoms with Crippen LogP contribution in [0.2, 0.25) is 0 Å². The van der Waals surface area contributed by atoms with E-state index in [0.717, 1.165) is 39.0 Å². The van der Waals surface area contributed by atoms with E-state index in [4.69, 9.17) is 0 Å². The van der Waals surface area contributed by atoms with E-state index in [1.807, 2.05) is 4.68 Å². The van der Waals surface area contributed by atoms with Crippen molar-refractivity contribution in [3.05, 3.63) is 34.3 Å². The Morgan fingerprint density at radius 2 is 2.04 bits per heavy atom. The first kappa shape index (κ1) is 23.1. The van der Waals surface area contributed by atoms with Gasteiger partial charge >= 0.3 is 0 Å². The van der Waals surface area contributed by atoms with Crippen LogP contribution in [0, 0.1) is 0 Å². The van der Waals surface area contributed by atoms with E-state index in [1.54, 1.807) is 17.5 Å². The van der Waals surface area contributed by atoms with Crippen molar-refractivity contribution in [2.45, 2.75) is 37.8 Å². The number of likely N-dealkylation sites (tertiary alicyclic amines) is 1. The summed E-state index contributed by atoms with van der Waals surface area (Å²) < 4.78 is 1.85. The lowest BCUT2D eigenvalue weighted by molar-refractivity contribution is 0.0933. The number of carbonyl (C=O) groups excluding carboxylic acids is 1. The number of thiophene rings is 1. The second-order valence-corrected chi connectivity index (χ2v) is 8.03. The van der Waals surface area contributed by atoms with Gasteiger partial charge in [-0.25, -0.2) is 4.68 Å². The Balaban J connectivity index is 0.00000140. The molecule has 28 heavy (non-hydrogen) atoms. The summed E-state index contributed by atoms with van der Waals surface area (Å²) in [4.78, 5) is 16.4. The van der Waals surface area contributed by atoms with Gasteiger partial charge in [-0.3, -0.25) is 9.69 Å². The second kappa shape index (κ2) is 11.1. The van der Waals surface area contributed by atoms with Gasteiger partial charge in [0.25, 0.3) is 5.91 Å². The van der Waals surface area contributed by atoms with Crippen molar-refractivity contribution >= 4 is 42.1 Å². The van der Waals surface area contributed by atoms with Gasteiger partial charge in [-0.15, -0.1) is 41.2 Å². The molecule has 10 heteroatoms. The number of rotatable bonds is 6. The molecule has 2 aromatic heterocycles. The van der Waals surface area contributed by atoms with Gasteiger partial charge in [-0.05, 0) is 63.3 Å². The number of carbonyl (C=O) groups is 1. The first-order chi connectivity index (χ1) is 12.8. The molecule has 0 radical (unpaired) electrons. The summed E-state index contributed by atoms with van der Waals surface area (Å²) in [5.41, 5.74) is 0.412. The number of nitrogens with zero attached hydrogens (tertiary/aromatic N) is 4. The highest BCUT2D eigenvalue weighted by atomic mass is 35.5. The SMILES string of the molecule is Cl.Cl.O=C(NCC(c1cccs1)N1CCCC1)c1cn(C2CCNCC2)nn1. The number of amides is 1. The van der Waals surface area contributed by atoms with Crippen molar-refractivity contribution in [2.24, 2.45) is 0 Å². The van der Waals surface area contributed by atoms with Gasteiger partial charge in [0.1, 0.15) is 0 Å². The van der Waals surface area contributed by atoms with Crippen LogP contribution in [-0.4, -0.2) is 58.5 Å². The summed E-state index contributed by atoms with van der Waals surface area (Å²) in [6, 6.07) is 4.83. The molecular weight excluding hydrogens is 419 g/mol. The fraction of sp³-hybridized carbons (Fsp3) is 0.611. The minimum Gasteiger partial charge on any atom is -0.349 e. The zero-order chi connectivity index (χ0) is 17.8. The van der Waals surface area contributed by atoms with Crippen molar-refractivity contribution < 1.29 is 4.79 Å². The van der Waals surface area contributed by atoms with E-state index in [9.17, 15) is 4.79 Å². The summed E-state index contributed by atoms with van der Waals surface area (Å²) in [6.07, 6.45) is 6.32. The largest absolute Gasteiger partial charge is 0.349 e. The molecule has 2 aromatic rings. The fourth-order valence-corrected chi connectivity index (χ4v) is 4.72. The third-order valence-corrected chi connectivity index (χ3v) is 6.31. The molecule has 0 spiro atoms. The molecule has 0 bridgehead atoms. The summed E-state index contributed by atoms with van der Waals surface area (Å²) in [5, 5.41) is 16.8. The van der Waals surface area contributed by atoms with Crippen molar-refractivity contribution in [3.8, 4) is 0 Å². The Labute approximate surface area is 182 Å². The molecule has 4 heterocycles. The lowest BCUT2D eigenvalue weighted by Crippen LogP contribution is -2.36. The van der Waals surface area contributed by atoms with Gasteiger partial charge in [0.2, 0.25) is 0 Å². The Hall–Kier alpha value is -1.19. The molecule has 2 saturated heterocycles. The molecule has 1 amide bonds. The van der Waals surface area contributed by atoms with Crippen molar-refractivity contribution in [2.75, 3.05) is 32.7 Å². The molecule has 0 aromatic carbocycles. The highest BCUT2D eigenvalue weighted by Gasteiger charge is 2.25. The molecule has 2 fully saturated rings. The second-order valence-electron chi connectivity index (χ2n) is 7.05. The first-order valence-electron chi connectivity index (χ1n) is 9.49. The van der Waals surface area contributed by atoms with Crippen LogP contribution in [0.25, 0.3) is 0 Å². The van der Waals surface area contributed by atoms with Crippen molar-refractivity contribution in [3.63, 3.8) is 0 Å². The molecule has 0 saturated carbocycles. The molecule has 4 rings (SSSR count). The predicted molar refractivity (Wildman–Crippen MR) is 116 cm³/mol. The molecule has 156 valence electrons. The summed E-state index contributed by atoms with van der Waals surface area (Å²) in [7, 11) is 0. The Kier molecular flexibility index (Phi) is 9.17. The minimum atomic E-state index is -0.133. The Morgan fingerprint density at radius 3 is 2.71 bits per heavy atom. The number of aromatic nitrogens is 3. The average molecular weight is 447 g/mol. The number of hydrogen-bond acceptors (Lipinski definition) is 6. The topological polar surface area (TPSA) is 75.1 Å². The normalized spacial score (nSPS) is 18.9. The molecular formula is C18H28Cl2N6OS. The Morgan fingerprint density at radius 1 is 1.29 bits per heavy atom. The molecule has 1 atom stereocenters. The predicted octanol–water partition coefficient (Wildman–Crippen LogP) is 2.67. The highest BCUT2D eigenvalue weighted by Crippen LogP contribution is 2.28. The van der Waals surface area contributed by atoms with E-state index in [2.05, 4.69) is 43.4 Å². The summed E-state index contributed by atoms with van der Waals surface area (Å²) in [5.74, 6) is -0.133. The van der Waals surface area contributed by atoms with E-state index in [0.29, 0.717) is 18.3 Å². The van der Waals surface area contributed by atoms with Crippen LogP contribution in [0.5, 0.6) is 0 Å². The summed E-state index contributed by atoms with van der Waals surface area (Å²) >= 11 is 1.76.